The first-order valence-electron chi connectivity index (χ1n) is 18.7. The van der Waals surface area contributed by atoms with Crippen LogP contribution >= 0.6 is 0 Å². The summed E-state index contributed by atoms with van der Waals surface area (Å²) in [6.07, 6.45) is 37.5. The molecular weight excluding hydrogens is 504 g/mol. The third-order valence-electron chi connectivity index (χ3n) is 8.68. The molecule has 0 aromatic rings. The summed E-state index contributed by atoms with van der Waals surface area (Å²) in [4.78, 5) is 26.7. The Morgan fingerprint density at radius 3 is 1.10 bits per heavy atom. The van der Waals surface area contributed by atoms with Crippen molar-refractivity contribution in [1.29, 1.82) is 0 Å². The molecule has 0 fully saturated rings. The average molecular weight is 579 g/mol. The van der Waals surface area contributed by atoms with Crippen molar-refractivity contribution in [1.82, 2.24) is 10.2 Å². The highest BCUT2D eigenvalue weighted by Gasteiger charge is 2.15. The number of nitrogens with zero attached hydrogens (tertiary/aromatic N) is 1. The molecule has 4 nitrogen and oxygen atoms in total. The third kappa shape index (κ3) is 30.2. The molecule has 0 aliphatic carbocycles. The molecule has 0 saturated heterocycles. The Hall–Kier alpha value is -1.06. The van der Waals surface area contributed by atoms with Gasteiger partial charge in [-0.05, 0) is 19.8 Å². The maximum atomic E-state index is 12.6. The monoisotopic (exact) mass is 579 g/mol. The van der Waals surface area contributed by atoms with Gasteiger partial charge in [0.2, 0.25) is 11.8 Å². The second-order valence-corrected chi connectivity index (χ2v) is 12.7. The summed E-state index contributed by atoms with van der Waals surface area (Å²) in [7, 11) is 0. The van der Waals surface area contributed by atoms with E-state index in [4.69, 9.17) is 0 Å². The Kier molecular flexibility index (Phi) is 32.6. The number of nitrogens with one attached hydrogen (secondary N) is 1. The molecule has 0 unspecified atom stereocenters. The second kappa shape index (κ2) is 33.4. The largest absolute Gasteiger partial charge is 0.356 e. The van der Waals surface area contributed by atoms with Crippen LogP contribution in [0.1, 0.15) is 207 Å². The van der Waals surface area contributed by atoms with Gasteiger partial charge >= 0.3 is 0 Å². The summed E-state index contributed by atoms with van der Waals surface area (Å²) in [5.41, 5.74) is 0. The Balaban J connectivity index is 3.52. The SMILES string of the molecule is CCCCCCCCCCCCCCCCNC(=O)CC(=O)N(CC)CCCCCCCCCCCCCCCC. The van der Waals surface area contributed by atoms with Crippen LogP contribution in [0.4, 0.5) is 0 Å². The molecule has 0 aliphatic heterocycles. The lowest BCUT2D eigenvalue weighted by atomic mass is 10.0. The van der Waals surface area contributed by atoms with Crippen LogP contribution in [0.5, 0.6) is 0 Å². The fourth-order valence-electron chi connectivity index (χ4n) is 5.82. The molecular formula is C37H74N2O2. The number of rotatable bonds is 33. The summed E-state index contributed by atoms with van der Waals surface area (Å²) in [6.45, 7) is 8.77. The Labute approximate surface area is 258 Å². The summed E-state index contributed by atoms with van der Waals surface area (Å²) in [5, 5.41) is 2.97. The lowest BCUT2D eigenvalue weighted by Crippen LogP contribution is -2.36. The van der Waals surface area contributed by atoms with E-state index < -0.39 is 0 Å². The van der Waals surface area contributed by atoms with Gasteiger partial charge in [0, 0.05) is 19.6 Å². The predicted octanol–water partition coefficient (Wildman–Crippen LogP) is 11.3. The molecule has 0 aromatic heterocycles. The van der Waals surface area contributed by atoms with Crippen LogP contribution < -0.4 is 5.32 Å². The van der Waals surface area contributed by atoms with Crippen LogP contribution in [-0.2, 0) is 9.59 Å². The molecule has 4 heteroatoms. The summed E-state index contributed by atoms with van der Waals surface area (Å²) in [5.74, 6) is -0.121. The van der Waals surface area contributed by atoms with Crippen molar-refractivity contribution in [2.45, 2.75) is 207 Å². The average Bonchev–Trinajstić information content (AvgIpc) is 2.97. The van der Waals surface area contributed by atoms with Crippen molar-refractivity contribution in [2.75, 3.05) is 19.6 Å². The molecule has 0 radical (unpaired) electrons. The summed E-state index contributed by atoms with van der Waals surface area (Å²) < 4.78 is 0. The molecule has 0 aromatic carbocycles. The summed E-state index contributed by atoms with van der Waals surface area (Å²) >= 11 is 0. The van der Waals surface area contributed by atoms with Gasteiger partial charge in [-0.1, -0.05) is 181 Å². The van der Waals surface area contributed by atoms with Gasteiger partial charge in [-0.25, -0.2) is 0 Å². The Bertz CT molecular complexity index is 551. The zero-order valence-corrected chi connectivity index (χ0v) is 28.4. The number of carbonyl (C=O) groups excluding carboxylic acids is 2. The molecule has 0 heterocycles. The molecule has 2 amide bonds. The standard InChI is InChI=1S/C37H74N2O2/c1-4-7-9-11-13-15-17-19-21-23-25-27-29-31-33-38-36(40)35-37(41)39(6-3)34-32-30-28-26-24-22-20-18-16-14-12-10-8-5-2/h4-35H2,1-3H3,(H,38,40). The molecule has 0 atom stereocenters. The van der Waals surface area contributed by atoms with E-state index in [1.165, 1.54) is 167 Å². The van der Waals surface area contributed by atoms with Crippen molar-refractivity contribution >= 4 is 11.8 Å². The van der Waals surface area contributed by atoms with E-state index in [1.54, 1.807) is 0 Å². The van der Waals surface area contributed by atoms with Crippen molar-refractivity contribution in [3.8, 4) is 0 Å². The van der Waals surface area contributed by atoms with Gasteiger partial charge in [0.25, 0.3) is 0 Å². The first-order valence-corrected chi connectivity index (χ1v) is 18.7. The van der Waals surface area contributed by atoms with E-state index in [0.29, 0.717) is 13.1 Å². The van der Waals surface area contributed by atoms with E-state index in [9.17, 15) is 9.59 Å². The van der Waals surface area contributed by atoms with Crippen LogP contribution in [-0.4, -0.2) is 36.3 Å². The second-order valence-electron chi connectivity index (χ2n) is 12.7. The fraction of sp³-hybridized carbons (Fsp3) is 0.946. The van der Waals surface area contributed by atoms with Crippen LogP contribution in [0.3, 0.4) is 0 Å². The van der Waals surface area contributed by atoms with Crippen LogP contribution in [0.2, 0.25) is 0 Å². The normalized spacial score (nSPS) is 11.2. The van der Waals surface area contributed by atoms with Crippen molar-refractivity contribution in [3.63, 3.8) is 0 Å². The van der Waals surface area contributed by atoms with E-state index >= 15 is 0 Å². The maximum Gasteiger partial charge on any atom is 0.231 e. The lowest BCUT2D eigenvalue weighted by Gasteiger charge is -2.20. The molecule has 0 rings (SSSR count). The number of carbonyl (C=O) groups is 2. The van der Waals surface area contributed by atoms with Gasteiger partial charge in [-0.2, -0.15) is 0 Å². The van der Waals surface area contributed by atoms with Crippen LogP contribution in [0, 0.1) is 0 Å². The van der Waals surface area contributed by atoms with E-state index in [1.807, 2.05) is 11.8 Å². The highest BCUT2D eigenvalue weighted by molar-refractivity contribution is 5.96. The molecule has 1 N–H and O–H groups in total. The topological polar surface area (TPSA) is 49.4 Å². The quantitative estimate of drug-likeness (QED) is 0.0622. The van der Waals surface area contributed by atoms with Gasteiger partial charge in [0.05, 0.1) is 0 Å². The zero-order chi connectivity index (χ0) is 30.1. The first kappa shape index (κ1) is 39.9. The van der Waals surface area contributed by atoms with Crippen molar-refractivity contribution in [3.05, 3.63) is 0 Å². The predicted molar refractivity (Wildman–Crippen MR) is 181 cm³/mol. The fourth-order valence-corrected chi connectivity index (χ4v) is 5.82. The zero-order valence-electron chi connectivity index (χ0n) is 28.4. The number of amides is 2. The summed E-state index contributed by atoms with van der Waals surface area (Å²) in [6, 6.07) is 0. The molecule has 0 spiro atoms. The van der Waals surface area contributed by atoms with Crippen molar-refractivity contribution < 1.29 is 9.59 Å². The minimum absolute atomic E-state index is 0.00501. The van der Waals surface area contributed by atoms with Crippen molar-refractivity contribution in [2.24, 2.45) is 0 Å². The third-order valence-corrected chi connectivity index (χ3v) is 8.68. The van der Waals surface area contributed by atoms with E-state index in [2.05, 4.69) is 19.2 Å². The molecule has 0 bridgehead atoms. The highest BCUT2D eigenvalue weighted by Crippen LogP contribution is 2.14. The van der Waals surface area contributed by atoms with Gasteiger partial charge in [-0.3, -0.25) is 9.59 Å². The van der Waals surface area contributed by atoms with E-state index in [0.717, 1.165) is 19.4 Å². The number of hydrogen-bond acceptors (Lipinski definition) is 2. The molecule has 244 valence electrons. The maximum absolute atomic E-state index is 12.6. The van der Waals surface area contributed by atoms with Crippen LogP contribution in [0.25, 0.3) is 0 Å². The molecule has 41 heavy (non-hydrogen) atoms. The van der Waals surface area contributed by atoms with E-state index in [-0.39, 0.29) is 18.2 Å². The smallest absolute Gasteiger partial charge is 0.231 e. The minimum Gasteiger partial charge on any atom is -0.356 e. The van der Waals surface area contributed by atoms with Gasteiger partial charge in [0.15, 0.2) is 0 Å². The van der Waals surface area contributed by atoms with Gasteiger partial charge in [-0.15, -0.1) is 0 Å². The van der Waals surface area contributed by atoms with Gasteiger partial charge in [0.1, 0.15) is 6.42 Å². The Morgan fingerprint density at radius 2 is 0.756 bits per heavy atom. The minimum atomic E-state index is -0.107. The first-order chi connectivity index (χ1) is 20.2. The number of hydrogen-bond donors (Lipinski definition) is 1. The molecule has 0 aliphatic rings. The molecule has 0 saturated carbocycles. The highest BCUT2D eigenvalue weighted by atomic mass is 16.2. The number of unbranched alkanes of at least 4 members (excludes halogenated alkanes) is 26. The van der Waals surface area contributed by atoms with Crippen LogP contribution in [0.15, 0.2) is 0 Å². The van der Waals surface area contributed by atoms with Gasteiger partial charge < -0.3 is 10.2 Å². The lowest BCUT2D eigenvalue weighted by molar-refractivity contribution is -0.136. The Morgan fingerprint density at radius 1 is 0.439 bits per heavy atom.